The molecular weight excluding hydrogens is 374 g/mol. The number of aryl methyl sites for hydroxylation is 1. The fourth-order valence-electron chi connectivity index (χ4n) is 4.14. The SMILES string of the molecule is Cc1[nH]c2ccccc2c1C(=O)C(=O)N1CCCSCC1CN1CCOCC1. The standard InChI is InChI=1S/C21H27N3O3S/c1-15-19(17-5-2-3-6-18(17)22-15)20(25)21(26)24-7-4-12-28-14-16(24)13-23-8-10-27-11-9-23/h2-3,5-6,16,22H,4,7-14H2,1H3. The molecule has 2 saturated heterocycles. The normalized spacial score (nSPS) is 21.6. The number of morpholine rings is 1. The fraction of sp³-hybridized carbons (Fsp3) is 0.524. The zero-order valence-electron chi connectivity index (χ0n) is 16.3. The van der Waals surface area contributed by atoms with Gasteiger partial charge in [-0.3, -0.25) is 14.5 Å². The van der Waals surface area contributed by atoms with Gasteiger partial charge in [0, 0.05) is 48.5 Å². The molecule has 2 fully saturated rings. The summed E-state index contributed by atoms with van der Waals surface area (Å²) in [5, 5.41) is 0.826. The maximum absolute atomic E-state index is 13.3. The number of ether oxygens (including phenoxy) is 1. The van der Waals surface area contributed by atoms with Gasteiger partial charge in [-0.05, 0) is 25.2 Å². The Labute approximate surface area is 169 Å². The predicted molar refractivity (Wildman–Crippen MR) is 112 cm³/mol. The molecule has 0 aliphatic carbocycles. The number of benzene rings is 1. The van der Waals surface area contributed by atoms with Gasteiger partial charge in [0.1, 0.15) is 0 Å². The van der Waals surface area contributed by atoms with Crippen LogP contribution in [0.5, 0.6) is 0 Å². The van der Waals surface area contributed by atoms with Gasteiger partial charge < -0.3 is 14.6 Å². The van der Waals surface area contributed by atoms with Crippen LogP contribution < -0.4 is 0 Å². The first-order valence-electron chi connectivity index (χ1n) is 9.95. The molecule has 3 heterocycles. The number of amides is 1. The highest BCUT2D eigenvalue weighted by Crippen LogP contribution is 2.25. The Balaban J connectivity index is 1.57. The van der Waals surface area contributed by atoms with Crippen molar-refractivity contribution in [3.8, 4) is 0 Å². The van der Waals surface area contributed by atoms with E-state index in [1.165, 1.54) is 0 Å². The summed E-state index contributed by atoms with van der Waals surface area (Å²) in [5.41, 5.74) is 2.17. The van der Waals surface area contributed by atoms with Crippen molar-refractivity contribution >= 4 is 34.4 Å². The number of Topliss-reactive ketones (excluding diaryl/α,β-unsaturated/α-hetero) is 1. The van der Waals surface area contributed by atoms with Crippen LogP contribution in [0.1, 0.15) is 22.5 Å². The monoisotopic (exact) mass is 401 g/mol. The van der Waals surface area contributed by atoms with Crippen LogP contribution >= 0.6 is 11.8 Å². The molecule has 6 nitrogen and oxygen atoms in total. The molecule has 0 bridgehead atoms. The third-order valence-corrected chi connectivity index (χ3v) is 6.78. The molecule has 1 aromatic carbocycles. The van der Waals surface area contributed by atoms with E-state index in [0.717, 1.165) is 67.4 Å². The summed E-state index contributed by atoms with van der Waals surface area (Å²) in [6.45, 7) is 6.57. The number of ketones is 1. The van der Waals surface area contributed by atoms with E-state index >= 15 is 0 Å². The lowest BCUT2D eigenvalue weighted by atomic mass is 10.0. The van der Waals surface area contributed by atoms with Crippen LogP contribution in [-0.2, 0) is 9.53 Å². The van der Waals surface area contributed by atoms with Gasteiger partial charge in [-0.2, -0.15) is 11.8 Å². The van der Waals surface area contributed by atoms with Crippen LogP contribution in [0.3, 0.4) is 0 Å². The quantitative estimate of drug-likeness (QED) is 0.629. The molecule has 1 atom stereocenters. The van der Waals surface area contributed by atoms with Crippen molar-refractivity contribution < 1.29 is 14.3 Å². The zero-order chi connectivity index (χ0) is 19.5. The fourth-order valence-corrected chi connectivity index (χ4v) is 5.19. The Morgan fingerprint density at radius 1 is 1.21 bits per heavy atom. The van der Waals surface area contributed by atoms with Gasteiger partial charge in [0.2, 0.25) is 0 Å². The van der Waals surface area contributed by atoms with Gasteiger partial charge in [-0.25, -0.2) is 0 Å². The maximum Gasteiger partial charge on any atom is 0.295 e. The van der Waals surface area contributed by atoms with E-state index in [2.05, 4.69) is 9.88 Å². The number of rotatable bonds is 4. The Hall–Kier alpha value is -1.83. The number of thioether (sulfide) groups is 1. The van der Waals surface area contributed by atoms with Gasteiger partial charge in [0.15, 0.2) is 0 Å². The first kappa shape index (κ1) is 19.5. The van der Waals surface area contributed by atoms with Gasteiger partial charge in [-0.1, -0.05) is 18.2 Å². The minimum Gasteiger partial charge on any atom is -0.379 e. The van der Waals surface area contributed by atoms with E-state index in [0.29, 0.717) is 12.1 Å². The molecule has 150 valence electrons. The van der Waals surface area contributed by atoms with E-state index in [1.807, 2.05) is 47.9 Å². The number of aromatic amines is 1. The minimum absolute atomic E-state index is 0.0626. The van der Waals surface area contributed by atoms with Crippen LogP contribution in [0.15, 0.2) is 24.3 Å². The molecule has 1 aromatic heterocycles. The predicted octanol–water partition coefficient (Wildman–Crippen LogP) is 2.33. The lowest BCUT2D eigenvalue weighted by Crippen LogP contribution is -2.52. The van der Waals surface area contributed by atoms with Crippen LogP contribution in [-0.4, -0.2) is 83.4 Å². The molecule has 0 saturated carbocycles. The van der Waals surface area contributed by atoms with Crippen LogP contribution in [0, 0.1) is 6.92 Å². The Kier molecular flexibility index (Phi) is 6.04. The number of hydrogen-bond acceptors (Lipinski definition) is 5. The van der Waals surface area contributed by atoms with Gasteiger partial charge >= 0.3 is 0 Å². The lowest BCUT2D eigenvalue weighted by Gasteiger charge is -2.35. The molecule has 7 heteroatoms. The Morgan fingerprint density at radius 2 is 2.00 bits per heavy atom. The van der Waals surface area contributed by atoms with Crippen LogP contribution in [0.4, 0.5) is 0 Å². The number of para-hydroxylation sites is 1. The summed E-state index contributed by atoms with van der Waals surface area (Å²) in [6.07, 6.45) is 0.927. The molecule has 1 N–H and O–H groups in total. The van der Waals surface area contributed by atoms with Gasteiger partial charge in [-0.15, -0.1) is 0 Å². The molecular formula is C21H27N3O3S. The summed E-state index contributed by atoms with van der Waals surface area (Å²) < 4.78 is 5.44. The third kappa shape index (κ3) is 3.97. The van der Waals surface area contributed by atoms with E-state index < -0.39 is 5.78 Å². The van der Waals surface area contributed by atoms with E-state index in [9.17, 15) is 9.59 Å². The summed E-state index contributed by atoms with van der Waals surface area (Å²) in [7, 11) is 0. The number of hydrogen-bond donors (Lipinski definition) is 1. The summed E-state index contributed by atoms with van der Waals surface area (Å²) in [5.74, 6) is 1.15. The molecule has 0 radical (unpaired) electrons. The average Bonchev–Trinajstić information content (AvgIpc) is 2.88. The van der Waals surface area contributed by atoms with E-state index in [1.54, 1.807) is 0 Å². The highest BCUT2D eigenvalue weighted by molar-refractivity contribution is 7.99. The van der Waals surface area contributed by atoms with Crippen molar-refractivity contribution in [2.75, 3.05) is 50.9 Å². The number of nitrogens with zero attached hydrogens (tertiary/aromatic N) is 2. The number of aromatic nitrogens is 1. The summed E-state index contributed by atoms with van der Waals surface area (Å²) >= 11 is 1.88. The number of H-pyrrole nitrogens is 1. The topological polar surface area (TPSA) is 65.6 Å². The number of fused-ring (bicyclic) bond motifs is 1. The second-order valence-electron chi connectivity index (χ2n) is 7.49. The number of nitrogens with one attached hydrogen (secondary N) is 1. The Morgan fingerprint density at radius 3 is 2.82 bits per heavy atom. The maximum atomic E-state index is 13.3. The Bertz CT molecular complexity index is 860. The molecule has 2 aliphatic rings. The summed E-state index contributed by atoms with van der Waals surface area (Å²) in [4.78, 5) is 34.0. The van der Waals surface area contributed by atoms with E-state index in [4.69, 9.17) is 4.74 Å². The third-order valence-electron chi connectivity index (χ3n) is 5.59. The largest absolute Gasteiger partial charge is 0.379 e. The van der Waals surface area contributed by atoms with Gasteiger partial charge in [0.05, 0.1) is 24.8 Å². The molecule has 2 aliphatic heterocycles. The van der Waals surface area contributed by atoms with E-state index in [-0.39, 0.29) is 11.9 Å². The first-order valence-corrected chi connectivity index (χ1v) is 11.1. The molecule has 1 amide bonds. The molecule has 1 unspecified atom stereocenters. The van der Waals surface area contributed by atoms with Crippen molar-refractivity contribution in [1.29, 1.82) is 0 Å². The summed E-state index contributed by atoms with van der Waals surface area (Å²) in [6, 6.07) is 7.74. The zero-order valence-corrected chi connectivity index (χ0v) is 17.1. The number of carbonyl (C=O) groups is 2. The minimum atomic E-state index is -0.395. The van der Waals surface area contributed by atoms with Crippen LogP contribution in [0.2, 0.25) is 0 Å². The van der Waals surface area contributed by atoms with Crippen molar-refractivity contribution in [3.63, 3.8) is 0 Å². The number of carbonyl (C=O) groups excluding carboxylic acids is 2. The first-order chi connectivity index (χ1) is 13.6. The lowest BCUT2D eigenvalue weighted by molar-refractivity contribution is -0.128. The molecule has 28 heavy (non-hydrogen) atoms. The van der Waals surface area contributed by atoms with Gasteiger partial charge in [0.25, 0.3) is 11.7 Å². The molecule has 0 spiro atoms. The highest BCUT2D eigenvalue weighted by Gasteiger charge is 2.33. The average molecular weight is 402 g/mol. The van der Waals surface area contributed by atoms with Crippen molar-refractivity contribution in [1.82, 2.24) is 14.8 Å². The smallest absolute Gasteiger partial charge is 0.295 e. The second kappa shape index (κ2) is 8.68. The highest BCUT2D eigenvalue weighted by atomic mass is 32.2. The van der Waals surface area contributed by atoms with Crippen molar-refractivity contribution in [3.05, 3.63) is 35.5 Å². The van der Waals surface area contributed by atoms with Crippen molar-refractivity contribution in [2.45, 2.75) is 19.4 Å². The molecule has 4 rings (SSSR count). The van der Waals surface area contributed by atoms with Crippen LogP contribution in [0.25, 0.3) is 10.9 Å². The van der Waals surface area contributed by atoms with Crippen molar-refractivity contribution in [2.24, 2.45) is 0 Å². The molecule has 2 aromatic rings. The second-order valence-corrected chi connectivity index (χ2v) is 8.64.